The van der Waals surface area contributed by atoms with E-state index in [1.165, 1.54) is 19.1 Å². The van der Waals surface area contributed by atoms with Gasteiger partial charge in [0.25, 0.3) is 5.56 Å². The first-order valence-electron chi connectivity index (χ1n) is 11.2. The van der Waals surface area contributed by atoms with E-state index in [2.05, 4.69) is 5.09 Å². The molecule has 2 aromatic rings. The number of aromatic amines is 1. The van der Waals surface area contributed by atoms with Crippen molar-refractivity contribution < 1.29 is 38.1 Å². The molecular weight excluding hydrogens is 509 g/mol. The molecule has 1 aliphatic heterocycles. The maximum Gasteiger partial charge on any atom is 0.459 e. The van der Waals surface area contributed by atoms with Gasteiger partial charge in [0.15, 0.2) is 11.8 Å². The monoisotopic (exact) mass is 537 g/mol. The number of rotatable bonds is 10. The van der Waals surface area contributed by atoms with Crippen molar-refractivity contribution in [1.29, 1.82) is 0 Å². The summed E-state index contributed by atoms with van der Waals surface area (Å²) in [6.07, 6.45) is 1.22. The molecule has 1 aromatic heterocycles. The van der Waals surface area contributed by atoms with Gasteiger partial charge in [-0.2, -0.15) is 5.09 Å². The Bertz CT molecular complexity index is 1300. The summed E-state index contributed by atoms with van der Waals surface area (Å²) in [5.41, 5.74) is -4.06. The second kappa shape index (κ2) is 11.4. The topological polar surface area (TPSA) is 178 Å². The summed E-state index contributed by atoms with van der Waals surface area (Å²) in [5.74, 6) is 1.44. The number of terminal acetylenes is 1. The normalized spacial score (nSPS) is 25.7. The molecular formula is C23H28N3O10P. The minimum absolute atomic E-state index is 0.147. The molecule has 13 nitrogen and oxygen atoms in total. The molecule has 1 aliphatic rings. The number of carbonyl (C=O) groups excluding carboxylic acids is 1. The van der Waals surface area contributed by atoms with Gasteiger partial charge < -0.3 is 24.2 Å². The highest BCUT2D eigenvalue weighted by Gasteiger charge is 2.56. The number of para-hydroxylation sites is 1. The standard InChI is InChI=1S/C23H28N3O10P/c1-5-23(31)19(28)17(35-21(23)26-12-11-18(27)24-22(26)30)13-33-37(32,36-16-9-7-6-8-10-16)25-15(4)20(29)34-14(2)3/h1,6-12,14-15,17,19,21,28,31H,13H2,2-4H3,(H,25,32)(H,24,27,30)/t15-,17?,19-,21-,23-,37?/m1/s1. The van der Waals surface area contributed by atoms with Crippen molar-refractivity contribution in [3.63, 3.8) is 0 Å². The first kappa shape index (κ1) is 28.3. The van der Waals surface area contributed by atoms with Crippen LogP contribution in [0.4, 0.5) is 0 Å². The molecule has 1 saturated heterocycles. The van der Waals surface area contributed by atoms with Gasteiger partial charge in [0, 0.05) is 12.3 Å². The Morgan fingerprint density at radius 2 is 1.97 bits per heavy atom. The highest BCUT2D eigenvalue weighted by molar-refractivity contribution is 7.52. The number of ether oxygens (including phenoxy) is 2. The number of nitrogens with zero attached hydrogens (tertiary/aromatic N) is 1. The largest absolute Gasteiger partial charge is 0.462 e. The first-order valence-corrected chi connectivity index (χ1v) is 12.8. The summed E-state index contributed by atoms with van der Waals surface area (Å²) in [5, 5.41) is 24.1. The SMILES string of the molecule is C#C[C@@]1(O)[C@H](O)C(COP(=O)(N[C@H](C)C(=O)OC(C)C)Oc2ccccc2)O[C@H]1n1ccc(=O)[nH]c1=O. The quantitative estimate of drug-likeness (QED) is 0.186. The van der Waals surface area contributed by atoms with Gasteiger partial charge in [-0.15, -0.1) is 6.42 Å². The third-order valence-electron chi connectivity index (χ3n) is 5.25. The van der Waals surface area contributed by atoms with Gasteiger partial charge in [0.05, 0.1) is 12.7 Å². The number of carbonyl (C=O) groups is 1. The van der Waals surface area contributed by atoms with Crippen molar-refractivity contribution in [2.24, 2.45) is 0 Å². The van der Waals surface area contributed by atoms with Gasteiger partial charge in [-0.25, -0.2) is 9.36 Å². The molecule has 200 valence electrons. The Hall–Kier alpha value is -3.24. The molecule has 0 saturated carbocycles. The Kier molecular flexibility index (Phi) is 8.76. The summed E-state index contributed by atoms with van der Waals surface area (Å²) >= 11 is 0. The molecule has 14 heteroatoms. The van der Waals surface area contributed by atoms with Crippen LogP contribution >= 0.6 is 7.75 Å². The van der Waals surface area contributed by atoms with Crippen LogP contribution in [-0.2, 0) is 23.4 Å². The Morgan fingerprint density at radius 1 is 1.30 bits per heavy atom. The van der Waals surface area contributed by atoms with E-state index in [-0.39, 0.29) is 5.75 Å². The van der Waals surface area contributed by atoms with Crippen molar-refractivity contribution in [1.82, 2.24) is 14.6 Å². The van der Waals surface area contributed by atoms with Gasteiger partial charge in [0.2, 0.25) is 0 Å². The second-order valence-corrected chi connectivity index (χ2v) is 10.2. The van der Waals surface area contributed by atoms with E-state index in [4.69, 9.17) is 24.9 Å². The van der Waals surface area contributed by atoms with Crippen LogP contribution in [0.3, 0.4) is 0 Å². The lowest BCUT2D eigenvalue weighted by Gasteiger charge is -2.26. The van der Waals surface area contributed by atoms with Crippen LogP contribution in [0.1, 0.15) is 27.0 Å². The lowest BCUT2D eigenvalue weighted by Crippen LogP contribution is -2.48. The smallest absolute Gasteiger partial charge is 0.459 e. The number of nitrogens with one attached hydrogen (secondary N) is 2. The number of hydrogen-bond acceptors (Lipinski definition) is 10. The summed E-state index contributed by atoms with van der Waals surface area (Å²) in [6.45, 7) is 4.04. The van der Waals surface area contributed by atoms with E-state index < -0.39 is 67.8 Å². The van der Waals surface area contributed by atoms with Crippen LogP contribution in [0.2, 0.25) is 0 Å². The van der Waals surface area contributed by atoms with Crippen molar-refractivity contribution in [2.45, 2.75) is 57.0 Å². The van der Waals surface area contributed by atoms with E-state index in [1.807, 2.05) is 10.9 Å². The molecule has 2 heterocycles. The van der Waals surface area contributed by atoms with E-state index in [0.717, 1.165) is 16.8 Å². The summed E-state index contributed by atoms with van der Waals surface area (Å²) in [4.78, 5) is 37.9. The van der Waals surface area contributed by atoms with Crippen molar-refractivity contribution in [3.05, 3.63) is 63.4 Å². The number of aromatic nitrogens is 2. The second-order valence-electron chi connectivity index (χ2n) is 8.49. The zero-order valence-electron chi connectivity index (χ0n) is 20.3. The van der Waals surface area contributed by atoms with Crippen LogP contribution in [0.5, 0.6) is 5.75 Å². The third-order valence-corrected chi connectivity index (χ3v) is 6.90. The Morgan fingerprint density at radius 3 is 2.57 bits per heavy atom. The van der Waals surface area contributed by atoms with Gasteiger partial charge in [0.1, 0.15) is 24.0 Å². The van der Waals surface area contributed by atoms with Crippen LogP contribution in [0.25, 0.3) is 0 Å². The number of aliphatic hydroxyl groups excluding tert-OH is 1. The molecule has 2 unspecified atom stereocenters. The number of benzene rings is 1. The van der Waals surface area contributed by atoms with Crippen LogP contribution in [-0.4, -0.2) is 62.3 Å². The van der Waals surface area contributed by atoms with E-state index in [1.54, 1.807) is 32.0 Å². The van der Waals surface area contributed by atoms with Gasteiger partial charge in [-0.1, -0.05) is 24.1 Å². The summed E-state index contributed by atoms with van der Waals surface area (Å²) in [7, 11) is -4.32. The zero-order chi connectivity index (χ0) is 27.4. The van der Waals surface area contributed by atoms with Crippen molar-refractivity contribution in [2.75, 3.05) is 6.61 Å². The summed E-state index contributed by atoms with van der Waals surface area (Å²) < 4.78 is 36.2. The van der Waals surface area contributed by atoms with Crippen LogP contribution in [0.15, 0.2) is 52.2 Å². The fraction of sp³-hybridized carbons (Fsp3) is 0.435. The molecule has 0 amide bonds. The fourth-order valence-corrected chi connectivity index (χ4v) is 4.96. The van der Waals surface area contributed by atoms with E-state index in [0.29, 0.717) is 0 Å². The highest BCUT2D eigenvalue weighted by atomic mass is 31.2. The molecule has 37 heavy (non-hydrogen) atoms. The van der Waals surface area contributed by atoms with Gasteiger partial charge in [-0.3, -0.25) is 23.7 Å². The number of esters is 1. The van der Waals surface area contributed by atoms with Crippen molar-refractivity contribution in [3.8, 4) is 18.1 Å². The fourth-order valence-electron chi connectivity index (χ4n) is 3.46. The highest BCUT2D eigenvalue weighted by Crippen LogP contribution is 2.46. The maximum absolute atomic E-state index is 13.6. The van der Waals surface area contributed by atoms with Crippen molar-refractivity contribution >= 4 is 13.7 Å². The Balaban J connectivity index is 1.84. The number of H-pyrrole nitrogens is 1. The third kappa shape index (κ3) is 6.56. The van der Waals surface area contributed by atoms with Crippen LogP contribution < -0.4 is 20.9 Å². The van der Waals surface area contributed by atoms with E-state index >= 15 is 0 Å². The minimum Gasteiger partial charge on any atom is -0.462 e. The number of aliphatic hydroxyl groups is 2. The lowest BCUT2D eigenvalue weighted by atomic mass is 9.95. The average Bonchev–Trinajstić information content (AvgIpc) is 3.08. The predicted molar refractivity (Wildman–Crippen MR) is 129 cm³/mol. The molecule has 0 bridgehead atoms. The molecule has 1 aromatic carbocycles. The first-order chi connectivity index (χ1) is 17.4. The average molecular weight is 537 g/mol. The molecule has 0 spiro atoms. The van der Waals surface area contributed by atoms with Crippen LogP contribution in [0, 0.1) is 12.3 Å². The molecule has 4 N–H and O–H groups in total. The number of hydrogen-bond donors (Lipinski definition) is 4. The Labute approximate surface area is 211 Å². The lowest BCUT2D eigenvalue weighted by molar-refractivity contribution is -0.149. The molecule has 1 fully saturated rings. The summed E-state index contributed by atoms with van der Waals surface area (Å²) in [6, 6.07) is 7.84. The molecule has 3 rings (SSSR count). The predicted octanol–water partition coefficient (Wildman–Crippen LogP) is 0.293. The molecule has 0 radical (unpaired) electrons. The minimum atomic E-state index is -4.32. The molecule has 0 aliphatic carbocycles. The van der Waals surface area contributed by atoms with Gasteiger partial charge in [-0.05, 0) is 32.9 Å². The van der Waals surface area contributed by atoms with Gasteiger partial charge >= 0.3 is 19.4 Å². The molecule has 6 atom stereocenters. The zero-order valence-corrected chi connectivity index (χ0v) is 21.2. The van der Waals surface area contributed by atoms with E-state index in [9.17, 15) is 29.2 Å². The maximum atomic E-state index is 13.6.